The molecular formula is C16H22N2S. The van der Waals surface area contributed by atoms with Gasteiger partial charge in [-0.05, 0) is 43.2 Å². The van der Waals surface area contributed by atoms with Crippen LogP contribution >= 0.6 is 11.8 Å². The Labute approximate surface area is 120 Å². The van der Waals surface area contributed by atoms with Crippen molar-refractivity contribution >= 4 is 22.6 Å². The van der Waals surface area contributed by atoms with E-state index in [0.29, 0.717) is 6.04 Å². The minimum atomic E-state index is 0.581. The maximum atomic E-state index is 4.92. The molecule has 3 heteroatoms. The molecule has 1 aromatic rings. The maximum absolute atomic E-state index is 4.92. The van der Waals surface area contributed by atoms with Gasteiger partial charge in [0.1, 0.15) is 0 Å². The number of aryl methyl sites for hydroxylation is 2. The summed E-state index contributed by atoms with van der Waals surface area (Å²) >= 11 is 1.90. The molecule has 0 amide bonds. The molecule has 0 aromatic heterocycles. The molecule has 0 radical (unpaired) electrons. The third-order valence-electron chi connectivity index (χ3n) is 4.31. The van der Waals surface area contributed by atoms with Crippen molar-refractivity contribution in [2.24, 2.45) is 10.9 Å². The summed E-state index contributed by atoms with van der Waals surface area (Å²) in [6, 6.07) is 7.11. The van der Waals surface area contributed by atoms with Crippen molar-refractivity contribution in [3.63, 3.8) is 0 Å². The fraction of sp³-hybridized carbons (Fsp3) is 0.562. The van der Waals surface area contributed by atoms with E-state index < -0.39 is 0 Å². The van der Waals surface area contributed by atoms with Gasteiger partial charge in [0.05, 0.1) is 6.04 Å². The van der Waals surface area contributed by atoms with Gasteiger partial charge in [-0.3, -0.25) is 4.99 Å². The van der Waals surface area contributed by atoms with Gasteiger partial charge in [0.25, 0.3) is 0 Å². The van der Waals surface area contributed by atoms with Gasteiger partial charge >= 0.3 is 0 Å². The first-order chi connectivity index (χ1) is 9.28. The monoisotopic (exact) mass is 274 g/mol. The number of benzene rings is 1. The van der Waals surface area contributed by atoms with Gasteiger partial charge in [-0.2, -0.15) is 0 Å². The van der Waals surface area contributed by atoms with Crippen LogP contribution in [0, 0.1) is 12.8 Å². The third-order valence-corrected chi connectivity index (χ3v) is 5.38. The summed E-state index contributed by atoms with van der Waals surface area (Å²) in [5.74, 6) is 2.07. The number of para-hydroxylation sites is 1. The lowest BCUT2D eigenvalue weighted by Gasteiger charge is -2.24. The topological polar surface area (TPSA) is 24.4 Å². The van der Waals surface area contributed by atoms with Gasteiger partial charge in [-0.25, -0.2) is 0 Å². The quantitative estimate of drug-likeness (QED) is 0.872. The standard InChI is InChI=1S/C16H22N2S/c1-3-12-7-4-6-11(2)15(12)18-16-17-14-9-5-8-13(14)10-19-16/h4,6-7,13-14H,3,5,8-10H2,1-2H3,(H,17,18). The first-order valence-corrected chi connectivity index (χ1v) is 8.32. The molecule has 0 spiro atoms. The Morgan fingerprint density at radius 3 is 3.11 bits per heavy atom. The lowest BCUT2D eigenvalue weighted by molar-refractivity contribution is 0.535. The van der Waals surface area contributed by atoms with Crippen LogP contribution in [0.25, 0.3) is 0 Å². The van der Waals surface area contributed by atoms with E-state index in [1.807, 2.05) is 11.8 Å². The number of amidine groups is 1. The van der Waals surface area contributed by atoms with Crippen molar-refractivity contribution in [1.82, 2.24) is 0 Å². The van der Waals surface area contributed by atoms with Crippen LogP contribution in [0.3, 0.4) is 0 Å². The van der Waals surface area contributed by atoms with Crippen LogP contribution in [0.1, 0.15) is 37.3 Å². The molecule has 1 fully saturated rings. The fourth-order valence-electron chi connectivity index (χ4n) is 3.13. The molecule has 3 rings (SSSR count). The number of rotatable bonds is 2. The molecule has 1 aliphatic heterocycles. The van der Waals surface area contributed by atoms with Gasteiger partial charge in [-0.15, -0.1) is 0 Å². The summed E-state index contributed by atoms with van der Waals surface area (Å²) in [5, 5.41) is 4.73. The van der Waals surface area contributed by atoms with E-state index in [4.69, 9.17) is 4.99 Å². The first-order valence-electron chi connectivity index (χ1n) is 7.34. The molecule has 2 unspecified atom stereocenters. The molecule has 102 valence electrons. The van der Waals surface area contributed by atoms with Crippen LogP contribution in [0.4, 0.5) is 5.69 Å². The highest BCUT2D eigenvalue weighted by Crippen LogP contribution is 2.36. The van der Waals surface area contributed by atoms with E-state index in [1.54, 1.807) is 0 Å². The molecule has 1 N–H and O–H groups in total. The molecule has 1 aliphatic carbocycles. The summed E-state index contributed by atoms with van der Waals surface area (Å²) in [6.45, 7) is 4.39. The second kappa shape index (κ2) is 5.58. The minimum Gasteiger partial charge on any atom is -0.335 e. The normalized spacial score (nSPS) is 25.9. The van der Waals surface area contributed by atoms with E-state index in [9.17, 15) is 0 Å². The Bertz CT molecular complexity index is 496. The number of fused-ring (bicyclic) bond motifs is 1. The molecule has 0 saturated heterocycles. The Kier molecular flexibility index (Phi) is 3.83. The number of aliphatic imine (C=N–C) groups is 1. The van der Waals surface area contributed by atoms with Crippen molar-refractivity contribution in [3.8, 4) is 0 Å². The van der Waals surface area contributed by atoms with E-state index in [2.05, 4.69) is 37.4 Å². The van der Waals surface area contributed by atoms with E-state index in [-0.39, 0.29) is 0 Å². The molecule has 1 aromatic carbocycles. The van der Waals surface area contributed by atoms with Gasteiger partial charge in [0.2, 0.25) is 0 Å². The highest BCUT2D eigenvalue weighted by atomic mass is 32.2. The molecule has 2 nitrogen and oxygen atoms in total. The lowest BCUT2D eigenvalue weighted by Crippen LogP contribution is -2.25. The molecule has 1 saturated carbocycles. The molecule has 2 aliphatic rings. The number of thioether (sulfide) groups is 1. The van der Waals surface area contributed by atoms with Crippen molar-refractivity contribution in [2.75, 3.05) is 11.1 Å². The zero-order valence-electron chi connectivity index (χ0n) is 11.8. The molecule has 0 bridgehead atoms. The number of nitrogens with one attached hydrogen (secondary N) is 1. The first kappa shape index (κ1) is 13.0. The van der Waals surface area contributed by atoms with Crippen molar-refractivity contribution in [2.45, 2.75) is 45.6 Å². The predicted octanol–water partition coefficient (Wildman–Crippen LogP) is 4.24. The van der Waals surface area contributed by atoms with Gasteiger partial charge in [0, 0.05) is 11.4 Å². The van der Waals surface area contributed by atoms with E-state index in [1.165, 1.54) is 41.8 Å². The van der Waals surface area contributed by atoms with Crippen LogP contribution in [0.5, 0.6) is 0 Å². The number of anilines is 1. The summed E-state index contributed by atoms with van der Waals surface area (Å²) in [5.41, 5.74) is 3.97. The van der Waals surface area contributed by atoms with Crippen molar-refractivity contribution in [3.05, 3.63) is 29.3 Å². The third kappa shape index (κ3) is 2.66. The van der Waals surface area contributed by atoms with Crippen LogP contribution in [-0.2, 0) is 6.42 Å². The summed E-state index contributed by atoms with van der Waals surface area (Å²) in [7, 11) is 0. The second-order valence-electron chi connectivity index (χ2n) is 5.59. The fourth-order valence-corrected chi connectivity index (χ4v) is 4.28. The minimum absolute atomic E-state index is 0.581. The van der Waals surface area contributed by atoms with Crippen LogP contribution in [0.15, 0.2) is 23.2 Å². The average Bonchev–Trinajstić information content (AvgIpc) is 2.88. The zero-order chi connectivity index (χ0) is 13.2. The van der Waals surface area contributed by atoms with Gasteiger partial charge < -0.3 is 5.32 Å². The second-order valence-corrected chi connectivity index (χ2v) is 6.60. The Morgan fingerprint density at radius 1 is 1.37 bits per heavy atom. The summed E-state index contributed by atoms with van der Waals surface area (Å²) in [6.07, 6.45) is 5.08. The van der Waals surface area contributed by atoms with Crippen molar-refractivity contribution < 1.29 is 0 Å². The number of hydrogen-bond donors (Lipinski definition) is 1. The van der Waals surface area contributed by atoms with E-state index >= 15 is 0 Å². The van der Waals surface area contributed by atoms with Crippen molar-refractivity contribution in [1.29, 1.82) is 0 Å². The van der Waals surface area contributed by atoms with Gasteiger partial charge in [-0.1, -0.05) is 43.3 Å². The molecule has 1 heterocycles. The van der Waals surface area contributed by atoms with Gasteiger partial charge in [0.15, 0.2) is 5.17 Å². The maximum Gasteiger partial charge on any atom is 0.161 e. The predicted molar refractivity (Wildman–Crippen MR) is 85.2 cm³/mol. The number of hydrogen-bond acceptors (Lipinski definition) is 3. The summed E-state index contributed by atoms with van der Waals surface area (Å²) in [4.78, 5) is 4.92. The highest BCUT2D eigenvalue weighted by molar-refractivity contribution is 8.14. The van der Waals surface area contributed by atoms with Crippen LogP contribution < -0.4 is 5.32 Å². The molecule has 19 heavy (non-hydrogen) atoms. The smallest absolute Gasteiger partial charge is 0.161 e. The highest BCUT2D eigenvalue weighted by Gasteiger charge is 2.31. The Hall–Kier alpha value is -0.960. The Morgan fingerprint density at radius 2 is 2.26 bits per heavy atom. The molecular weight excluding hydrogens is 252 g/mol. The largest absolute Gasteiger partial charge is 0.335 e. The SMILES string of the molecule is CCc1cccc(C)c1NC1=NC2CCCC2CS1. The Balaban J connectivity index is 1.82. The number of nitrogens with zero attached hydrogens (tertiary/aromatic N) is 1. The van der Waals surface area contributed by atoms with E-state index in [0.717, 1.165) is 17.5 Å². The molecule has 2 atom stereocenters. The van der Waals surface area contributed by atoms with Crippen LogP contribution in [0.2, 0.25) is 0 Å². The lowest BCUT2D eigenvalue weighted by atomic mass is 10.1. The zero-order valence-corrected chi connectivity index (χ0v) is 12.6. The average molecular weight is 274 g/mol. The summed E-state index contributed by atoms with van der Waals surface area (Å²) < 4.78 is 0. The van der Waals surface area contributed by atoms with Crippen LogP contribution in [-0.4, -0.2) is 17.0 Å².